The molecule has 21 rings (SSSR count). The van der Waals surface area contributed by atoms with Gasteiger partial charge in [-0.25, -0.2) is 56.1 Å². The average molecular weight is 2110 g/mol. The van der Waals surface area contributed by atoms with Crippen molar-refractivity contribution in [2.45, 2.75) is 146 Å². The average Bonchev–Trinajstić information content (AvgIpc) is 1.64. The molecule has 0 aliphatic carbocycles. The van der Waals surface area contributed by atoms with Crippen LogP contribution < -0.4 is 45.3 Å². The smallest absolute Gasteiger partial charge is 0.386 e. The van der Waals surface area contributed by atoms with Gasteiger partial charge >= 0.3 is 40.4 Å². The number of nitrogens with zero attached hydrogens (tertiary/aromatic N) is 14. The standard InChI is InChI=1S/C23H25F2N7O9P2S2.C23H25FN6O9P2S2.C21H23F2N9O8P2S3/c24-15-12-6-36-42(34,44)40-18-13(39-22(16(18)25)31-4-2-9-10(26)1-3-28-20(9)31)7-37-43(35,45)41-19(15)23(38-12)32-8-29-17-11(32)5-14(27)30-21(17)33;24-17-19-16(37-23(17)29-6-3-12-13(25)1-4-26-20(12)29)9-35-40(32,42)38-15-7-11(8-34-41(33,43)39-19)36-22(15)30-10-28-18-14(30)2-5-27-21(18)31;22-11-10-6-37-42(35,44)39-14-9(38-19(12(14)23)31-4-2-7-8(24)1-3-26-16(7)31)5-36-41(34,43)40-15(11)20(45-10)32-17-13(29-30-32)18(33)28-21(25)27-17/h1-5,8,12-13,15-16,18-19,22-23H,6-7H2,(H2,26,28)(H,34,44)(H,35,45)(H3,27,30,33);1-6,10-11,15-17,19,22-23H,7-9H2,(H2,25,26)(H,27,31)(H,32,42)(H,33,43);1-4,9-12,14-15,19-20H,5-6H2,(H2,24,26)(H,34,43)(H,35,44)(H3,25,27,28,33)/t12-,13-,15-,16+,18-,19-,22-,23-,42?,43?;11-,15+,16+,17-,19+,22+,23+,40?,41?;9-,10-,11-,12+,14-,15-,19-,20-,41?,42?/m101/s1. The Labute approximate surface area is 775 Å². The number of halogens is 5. The van der Waals surface area contributed by atoms with Crippen LogP contribution in [0.3, 0.4) is 0 Å². The number of hydrogen-bond donors (Lipinski definition) is 14. The Morgan fingerprint density at radius 3 is 1.43 bits per heavy atom. The molecule has 9 saturated heterocycles. The molecular formula is C67H73F5N22O26P6S7. The summed E-state index contributed by atoms with van der Waals surface area (Å²) in [5, 5.41) is 7.19. The lowest BCUT2D eigenvalue weighted by molar-refractivity contribution is -0.0595. The number of nitrogens with one attached hydrogen (secondary N) is 3. The van der Waals surface area contributed by atoms with Crippen molar-refractivity contribution in [2.75, 3.05) is 68.3 Å². The van der Waals surface area contributed by atoms with E-state index >= 15 is 22.0 Å². The summed E-state index contributed by atoms with van der Waals surface area (Å²) >= 11 is 31.0. The maximum atomic E-state index is 16.1. The van der Waals surface area contributed by atoms with Gasteiger partial charge in [-0.3, -0.25) is 46.5 Å². The maximum Gasteiger partial charge on any atom is 0.386 e. The van der Waals surface area contributed by atoms with Gasteiger partial charge in [-0.05, 0) is 101 Å². The van der Waals surface area contributed by atoms with Gasteiger partial charge in [-0.2, -0.15) is 4.98 Å². The molecule has 714 valence electrons. The van der Waals surface area contributed by atoms with Crippen LogP contribution >= 0.6 is 64.4 Å². The molecule has 18 N–H and O–H groups in total. The summed E-state index contributed by atoms with van der Waals surface area (Å²) in [6.45, 7) is -28.5. The normalized spacial score (nSPS) is 37.5. The summed E-state index contributed by atoms with van der Waals surface area (Å²) in [4.78, 5) is 124. The number of rotatable bonds is 6. The second kappa shape index (κ2) is 36.7. The fourth-order valence-corrected chi connectivity index (χ4v) is 26.7. The van der Waals surface area contributed by atoms with Gasteiger partial charge in [0, 0.05) is 89.1 Å². The molecule has 9 aliphatic rings. The number of fused-ring (bicyclic) bond motifs is 15. The Hall–Kier alpha value is -6.86. The number of pyridine rings is 5. The van der Waals surface area contributed by atoms with Crippen LogP contribution in [0.25, 0.3) is 66.3 Å². The first-order valence-electron chi connectivity index (χ1n) is 39.3. The lowest BCUT2D eigenvalue weighted by atomic mass is 10.1. The molecule has 9 fully saturated rings. The minimum Gasteiger partial charge on any atom is -0.398 e. The van der Waals surface area contributed by atoms with Gasteiger partial charge in [0.2, 0.25) is 5.95 Å². The lowest BCUT2D eigenvalue weighted by Crippen LogP contribution is -2.34. The van der Waals surface area contributed by atoms with Crippen molar-refractivity contribution in [3.05, 3.63) is 136 Å². The molecule has 21 heterocycles. The number of hydrogen-bond acceptors (Lipinski definition) is 40. The maximum absolute atomic E-state index is 16.1. The summed E-state index contributed by atoms with van der Waals surface area (Å²) < 4.78 is 198. The van der Waals surface area contributed by atoms with Crippen LogP contribution in [-0.4, -0.2) is 250 Å². The molecule has 0 aromatic carbocycles. The molecule has 12 aromatic heterocycles. The van der Waals surface area contributed by atoms with Gasteiger partial charge in [0.05, 0.1) is 74.7 Å². The molecule has 6 bridgehead atoms. The predicted octanol–water partition coefficient (Wildman–Crippen LogP) is 5.78. The molecule has 0 radical (unpaired) electrons. The number of alkyl halides is 5. The number of aromatic nitrogens is 17. The molecule has 133 heavy (non-hydrogen) atoms. The third kappa shape index (κ3) is 18.9. The molecule has 66 heteroatoms. The zero-order chi connectivity index (χ0) is 93.8. The van der Waals surface area contributed by atoms with E-state index in [1.54, 1.807) is 53.2 Å². The molecular weight excluding hydrogens is 2030 g/mol. The molecule has 0 saturated carbocycles. The van der Waals surface area contributed by atoms with Crippen LogP contribution in [-0.2, 0) is 142 Å². The van der Waals surface area contributed by atoms with E-state index in [9.17, 15) is 43.4 Å². The Balaban J connectivity index is 0.000000129. The first kappa shape index (κ1) is 95.1. The number of aromatic amines is 3. The van der Waals surface area contributed by atoms with Crippen LogP contribution in [0.1, 0.15) is 42.9 Å². The number of imidazole rings is 2. The topological polar surface area (TPSA) is 637 Å². The van der Waals surface area contributed by atoms with Gasteiger partial charge in [0.1, 0.15) is 95.3 Å². The summed E-state index contributed by atoms with van der Waals surface area (Å²) in [5.41, 5.74) is 30.6. The van der Waals surface area contributed by atoms with Gasteiger partial charge in [0.25, 0.3) is 16.7 Å². The van der Waals surface area contributed by atoms with Crippen molar-refractivity contribution < 1.29 is 129 Å². The highest BCUT2D eigenvalue weighted by atomic mass is 32.7. The Morgan fingerprint density at radius 1 is 0.451 bits per heavy atom. The van der Waals surface area contributed by atoms with Crippen LogP contribution in [0, 0.1) is 0 Å². The minimum atomic E-state index is -4.45. The zero-order valence-corrected chi connectivity index (χ0v) is 78.1. The highest BCUT2D eigenvalue weighted by Crippen LogP contribution is 2.62. The lowest BCUT2D eigenvalue weighted by Gasteiger charge is -2.27. The first-order chi connectivity index (χ1) is 63.1. The number of nitrogens with two attached hydrogens (primary N) is 5. The van der Waals surface area contributed by atoms with E-state index in [1.807, 2.05) is 0 Å². The summed E-state index contributed by atoms with van der Waals surface area (Å²) in [5.74, 6) is -0.251. The summed E-state index contributed by atoms with van der Waals surface area (Å²) in [7, 11) is 0. The predicted molar refractivity (Wildman–Crippen MR) is 481 cm³/mol. The molecule has 0 spiro atoms. The van der Waals surface area contributed by atoms with Crippen LogP contribution in [0.4, 0.5) is 50.8 Å². The number of anilines is 5. The van der Waals surface area contributed by atoms with E-state index in [2.05, 4.69) is 67.4 Å². The fraction of sp³-hybridized carbons (Fsp3) is 0.448. The molecule has 29 atom stereocenters. The number of thiol groups is 1. The van der Waals surface area contributed by atoms with Crippen LogP contribution in [0.5, 0.6) is 0 Å². The number of nitrogen functional groups attached to an aromatic ring is 5. The second-order valence-electron chi connectivity index (χ2n) is 30.9. The van der Waals surface area contributed by atoms with E-state index in [0.717, 1.165) is 16.4 Å². The first-order valence-corrected chi connectivity index (χ1v) is 55.9. The van der Waals surface area contributed by atoms with Gasteiger partial charge in [-0.1, -0.05) is 17.5 Å². The summed E-state index contributed by atoms with van der Waals surface area (Å²) in [6, 6.07) is 12.7. The van der Waals surface area contributed by atoms with Crippen molar-refractivity contribution in [3.8, 4) is 0 Å². The van der Waals surface area contributed by atoms with Gasteiger partial charge in [-0.15, -0.1) is 16.9 Å². The van der Waals surface area contributed by atoms with Gasteiger partial charge < -0.3 is 137 Å². The second-order valence-corrected chi connectivity index (χ2v) is 49.1. The van der Waals surface area contributed by atoms with Crippen molar-refractivity contribution in [1.29, 1.82) is 0 Å². The number of ether oxygens (including phenoxy) is 5. The molecule has 12 aromatic rings. The fourth-order valence-electron chi connectivity index (χ4n) is 16.5. The minimum absolute atomic E-state index is 0.00685. The van der Waals surface area contributed by atoms with Gasteiger partial charge in [0.15, 0.2) is 78.0 Å². The van der Waals surface area contributed by atoms with Crippen molar-refractivity contribution >= 4 is 219 Å². The monoisotopic (exact) mass is 2110 g/mol. The Bertz CT molecular complexity index is 6770. The highest BCUT2D eigenvalue weighted by molar-refractivity contribution is 8.44. The van der Waals surface area contributed by atoms with E-state index in [4.69, 9.17) is 166 Å². The Kier molecular flexibility index (Phi) is 26.3. The largest absolute Gasteiger partial charge is 0.398 e. The molecule has 48 nitrogen and oxygen atoms in total. The SMILES string of the molecule is Nc1cc2c(ncn2[C@@H]2O[C@@H]3COP(O)(=S)O[C@H]4[C@H](F)[C@H](n5ccc6c(N)ccnc65)O[C@@H]4COP(=O)(S)O[C@@H]2[C@@H]3F)c(=O)[nH]1.Nc1ccnc2c1ccn2[C@@H]1O[C@@H]2COP(O)(=S)O[C@@H]3C[C@@H](COP(O)(=S)O[C@H]2[C@@H]1F)O[C@H]3n1cnc2c(=O)[nH]ccc21.Nc1nc2c(nnn2[C@@H]2S[C@@H]3COP(O)(=S)O[C@H]4[C@H](F)[C@H](n5ccc6c(N)ccnc65)O[C@@H]4COP(O)(=S)O[C@@H]2[C@@H]3F)c(=O)[nH]1. The van der Waals surface area contributed by atoms with Crippen molar-refractivity contribution in [1.82, 2.24) is 82.7 Å². The third-order valence-corrected chi connectivity index (χ3v) is 33.4. The number of thioether (sulfide) groups is 1. The van der Waals surface area contributed by atoms with E-state index in [0.29, 0.717) is 55.7 Å². The van der Waals surface area contributed by atoms with Crippen molar-refractivity contribution in [2.24, 2.45) is 0 Å². The molecule has 9 aliphatic heterocycles. The quantitative estimate of drug-likeness (QED) is 0.0533. The molecule has 0 amide bonds. The summed E-state index contributed by atoms with van der Waals surface area (Å²) in [6.07, 6.45) is -17.6. The van der Waals surface area contributed by atoms with E-state index < -0.39 is 230 Å². The van der Waals surface area contributed by atoms with E-state index in [-0.39, 0.29) is 52.5 Å². The van der Waals surface area contributed by atoms with Crippen LogP contribution in [0.15, 0.2) is 119 Å². The zero-order valence-electron chi connectivity index (χ0n) is 67.0. The third-order valence-electron chi connectivity index (χ3n) is 22.5. The highest BCUT2D eigenvalue weighted by Gasteiger charge is 2.58. The molecule has 6 unspecified atom stereocenters. The Morgan fingerprint density at radius 2 is 0.902 bits per heavy atom. The van der Waals surface area contributed by atoms with Crippen molar-refractivity contribution in [3.63, 3.8) is 0 Å². The van der Waals surface area contributed by atoms with Crippen LogP contribution in [0.2, 0.25) is 0 Å². The van der Waals surface area contributed by atoms with E-state index in [1.165, 1.54) is 74.2 Å². The number of H-pyrrole nitrogens is 3.